The molecule has 0 spiro atoms. The summed E-state index contributed by atoms with van der Waals surface area (Å²) in [4.78, 5) is 4.42. The molecule has 9 nitrogen and oxygen atoms in total. The molecule has 2 N–H and O–H groups in total. The van der Waals surface area contributed by atoms with E-state index in [1.54, 1.807) is 18.2 Å². The second kappa shape index (κ2) is 23.9. The van der Waals surface area contributed by atoms with Crippen molar-refractivity contribution in [2.75, 3.05) is 52.5 Å². The van der Waals surface area contributed by atoms with Crippen LogP contribution in [0.2, 0.25) is 5.02 Å². The number of nitrogens with one attached hydrogen (secondary N) is 2. The van der Waals surface area contributed by atoms with E-state index in [4.69, 9.17) is 24.7 Å². The van der Waals surface area contributed by atoms with Crippen LogP contribution >= 0.6 is 11.6 Å². The third-order valence-corrected chi connectivity index (χ3v) is 11.0. The smallest absolute Gasteiger partial charge is 0.316 e. The summed E-state index contributed by atoms with van der Waals surface area (Å²) in [5, 5.41) is 0.656. The van der Waals surface area contributed by atoms with E-state index in [1.807, 2.05) is 77.2 Å². The molecule has 2 unspecified atom stereocenters. The molecule has 0 radical (unpaired) electrons. The van der Waals surface area contributed by atoms with Crippen molar-refractivity contribution < 1.29 is 21.5 Å². The van der Waals surface area contributed by atoms with Gasteiger partial charge >= 0.3 is 22.5 Å². The van der Waals surface area contributed by atoms with E-state index in [1.165, 1.54) is 25.7 Å². The molecular weight excluding hydrogens is 752 g/mol. The van der Waals surface area contributed by atoms with Crippen molar-refractivity contribution in [3.8, 4) is 17.2 Å². The number of anilines is 4. The number of unbranched alkanes of at least 4 members (excludes halogenated alkanes) is 5. The van der Waals surface area contributed by atoms with E-state index in [2.05, 4.69) is 59.1 Å². The summed E-state index contributed by atoms with van der Waals surface area (Å²) >= 11 is 2.58. The van der Waals surface area contributed by atoms with Gasteiger partial charge in [-0.05, 0) is 144 Å². The molecule has 0 aliphatic rings. The van der Waals surface area contributed by atoms with Gasteiger partial charge in [0.2, 0.25) is 0 Å². The zero-order chi connectivity index (χ0) is 40.3. The Morgan fingerprint density at radius 1 is 0.618 bits per heavy atom. The number of rotatable bonds is 21. The van der Waals surface area contributed by atoms with Gasteiger partial charge in [-0.15, -0.1) is 0 Å². The molecule has 0 heterocycles. The van der Waals surface area contributed by atoms with Crippen molar-refractivity contribution in [1.82, 2.24) is 0 Å². The first-order valence-electron chi connectivity index (χ1n) is 19.3. The first-order chi connectivity index (χ1) is 26.4. The quantitative estimate of drug-likeness (QED) is 0.0810. The van der Waals surface area contributed by atoms with Crippen LogP contribution in [0.1, 0.15) is 88.5 Å². The Morgan fingerprint density at radius 3 is 1.82 bits per heavy atom. The van der Waals surface area contributed by atoms with Crippen molar-refractivity contribution in [1.29, 1.82) is 0 Å². The second-order valence-electron chi connectivity index (χ2n) is 13.5. The highest BCUT2D eigenvalue weighted by atomic mass is 35.5. The first-order valence-corrected chi connectivity index (χ1v) is 21.8. The predicted molar refractivity (Wildman–Crippen MR) is 236 cm³/mol. The molecule has 4 rings (SSSR count). The van der Waals surface area contributed by atoms with Crippen molar-refractivity contribution in [3.05, 3.63) is 100 Å². The summed E-state index contributed by atoms with van der Waals surface area (Å²) in [6, 6.07) is 23.0. The molecule has 0 aliphatic heterocycles. The normalized spacial score (nSPS) is 11.8. The molecule has 4 aromatic carbocycles. The summed E-state index contributed by atoms with van der Waals surface area (Å²) < 4.78 is 47.8. The molecular formula is C43H61ClN4O5S2. The molecule has 302 valence electrons. The van der Waals surface area contributed by atoms with Gasteiger partial charge < -0.3 is 22.9 Å². The Bertz CT molecular complexity index is 1840. The summed E-state index contributed by atoms with van der Waals surface area (Å²) in [5.74, 6) is 1.64. The first kappa shape index (κ1) is 45.5. The van der Waals surface area contributed by atoms with Gasteiger partial charge in [0.05, 0.1) is 18.0 Å². The van der Waals surface area contributed by atoms with Crippen molar-refractivity contribution in [3.63, 3.8) is 0 Å². The highest BCUT2D eigenvalue weighted by Crippen LogP contribution is 2.31. The van der Waals surface area contributed by atoms with Gasteiger partial charge in [-0.25, -0.2) is 0 Å². The van der Waals surface area contributed by atoms with Crippen LogP contribution in [0.15, 0.2) is 72.8 Å². The fraction of sp³-hybridized carbons (Fsp3) is 0.442. The number of hydrogen-bond acceptors (Lipinski definition) is 7. The van der Waals surface area contributed by atoms with Gasteiger partial charge in [0.15, 0.2) is 11.5 Å². The summed E-state index contributed by atoms with van der Waals surface area (Å²) in [5.41, 5.74) is 7.79. The van der Waals surface area contributed by atoms with Crippen LogP contribution in [-0.2, 0) is 22.5 Å². The lowest BCUT2D eigenvalue weighted by molar-refractivity contribution is 0.296. The van der Waals surface area contributed by atoms with Gasteiger partial charge in [0.25, 0.3) is 0 Å². The van der Waals surface area contributed by atoms with E-state index in [0.717, 1.165) is 77.5 Å². The SMILES string of the molecule is CCCCCCCCOc1ccc(C)cc1OS(=O)Nc1ccc(N(C)CC)cc1C.CCN(CC)c1ccc(NS(=O)Oc2ccc(Cl)c(C)c2)c(C)c1. The molecule has 2 atom stereocenters. The third-order valence-electron chi connectivity index (χ3n) is 9.17. The molecule has 12 heteroatoms. The van der Waals surface area contributed by atoms with E-state index >= 15 is 0 Å². The highest BCUT2D eigenvalue weighted by Gasteiger charge is 2.13. The van der Waals surface area contributed by atoms with E-state index in [0.29, 0.717) is 28.9 Å². The Labute approximate surface area is 340 Å². The molecule has 0 aromatic heterocycles. The van der Waals surface area contributed by atoms with Crippen molar-refractivity contribution in [2.45, 2.75) is 93.9 Å². The Kier molecular flexibility index (Phi) is 19.7. The van der Waals surface area contributed by atoms with Gasteiger partial charge in [-0.2, -0.15) is 8.42 Å². The van der Waals surface area contributed by atoms with Crippen LogP contribution < -0.4 is 32.3 Å². The molecule has 0 bridgehead atoms. The largest absolute Gasteiger partial charge is 0.490 e. The van der Waals surface area contributed by atoms with Crippen LogP contribution in [0.3, 0.4) is 0 Å². The fourth-order valence-electron chi connectivity index (χ4n) is 5.65. The topological polar surface area (TPSA) is 92.4 Å². The standard InChI is InChI=1S/C25H38N2O3S.C18H23ClN2O2S/c1-6-8-9-10-11-12-17-29-24-16-13-20(3)18-25(24)30-31(28)26-23-15-14-22(19-21(23)4)27(5)7-2;1-5-21(6-2)15-7-10-18(14(4)11-15)20-24(22)23-16-8-9-17(19)13(3)12-16/h13-16,18-19,26H,6-12,17H2,1-5H3;7-12,20H,5-6H2,1-4H3. The Balaban J connectivity index is 0.000000305. The predicted octanol–water partition coefficient (Wildman–Crippen LogP) is 11.4. The Morgan fingerprint density at radius 2 is 1.22 bits per heavy atom. The van der Waals surface area contributed by atoms with Gasteiger partial charge in [-0.1, -0.05) is 56.7 Å². The lowest BCUT2D eigenvalue weighted by Crippen LogP contribution is -2.22. The van der Waals surface area contributed by atoms with Crippen LogP contribution in [-0.4, -0.2) is 41.7 Å². The number of aryl methyl sites for hydroxylation is 4. The third kappa shape index (κ3) is 15.3. The molecule has 4 aromatic rings. The van der Waals surface area contributed by atoms with Crippen LogP contribution in [0.5, 0.6) is 17.2 Å². The monoisotopic (exact) mass is 812 g/mol. The average Bonchev–Trinajstić information content (AvgIpc) is 3.15. The maximum absolute atomic E-state index is 12.7. The van der Waals surface area contributed by atoms with E-state index in [9.17, 15) is 8.42 Å². The summed E-state index contributed by atoms with van der Waals surface area (Å²) in [6.07, 6.45) is 7.26. The number of hydrogen-bond donors (Lipinski definition) is 2. The minimum Gasteiger partial charge on any atom is -0.490 e. The lowest BCUT2D eigenvalue weighted by atomic mass is 10.1. The molecule has 0 saturated heterocycles. The highest BCUT2D eigenvalue weighted by molar-refractivity contribution is 7.82. The minimum absolute atomic E-state index is 0.497. The van der Waals surface area contributed by atoms with Gasteiger partial charge in [0.1, 0.15) is 5.75 Å². The zero-order valence-corrected chi connectivity index (χ0v) is 36.5. The molecule has 0 aliphatic carbocycles. The number of nitrogens with zero attached hydrogens (tertiary/aromatic N) is 2. The zero-order valence-electron chi connectivity index (χ0n) is 34.1. The maximum Gasteiger partial charge on any atom is 0.316 e. The average molecular weight is 814 g/mol. The van der Waals surface area contributed by atoms with Crippen molar-refractivity contribution in [2.24, 2.45) is 0 Å². The minimum atomic E-state index is -1.73. The van der Waals surface area contributed by atoms with Crippen LogP contribution in [0.4, 0.5) is 22.7 Å². The number of halogens is 1. The molecule has 0 amide bonds. The summed E-state index contributed by atoms with van der Waals surface area (Å²) in [6.45, 7) is 19.9. The van der Waals surface area contributed by atoms with E-state index in [-0.39, 0.29) is 0 Å². The molecule has 0 saturated carbocycles. The molecule has 0 fully saturated rings. The summed E-state index contributed by atoms with van der Waals surface area (Å²) in [7, 11) is 2.05. The van der Waals surface area contributed by atoms with Gasteiger partial charge in [0, 0.05) is 43.1 Å². The Hall–Kier alpha value is -3.93. The van der Waals surface area contributed by atoms with Crippen molar-refractivity contribution >= 4 is 56.9 Å². The maximum atomic E-state index is 12.7. The van der Waals surface area contributed by atoms with Crippen LogP contribution in [0, 0.1) is 27.7 Å². The molecule has 55 heavy (non-hydrogen) atoms. The number of ether oxygens (including phenoxy) is 1. The van der Waals surface area contributed by atoms with E-state index < -0.39 is 22.5 Å². The second-order valence-corrected chi connectivity index (χ2v) is 15.6. The van der Waals surface area contributed by atoms with Gasteiger partial charge in [-0.3, -0.25) is 9.44 Å². The number of benzene rings is 4. The fourth-order valence-corrected chi connectivity index (χ4v) is 7.24. The lowest BCUT2D eigenvalue weighted by Gasteiger charge is -2.22. The van der Waals surface area contributed by atoms with Crippen LogP contribution in [0.25, 0.3) is 0 Å².